The molecule has 3 heteroatoms. The molecule has 1 rings (SSSR count). The van der Waals surface area contributed by atoms with Crippen LogP contribution in [0, 0.1) is 13.8 Å². The number of nitrogens with two attached hydrogens (primary N) is 1. The number of aryl methyl sites for hydroxylation is 2. The molecule has 3 N–H and O–H groups in total. The maximum Gasteiger partial charge on any atom is 0.244 e. The number of nitrogens with one attached hydrogen (secondary N) is 1. The van der Waals surface area contributed by atoms with Gasteiger partial charge >= 0.3 is 0 Å². The summed E-state index contributed by atoms with van der Waals surface area (Å²) in [6.07, 6.45) is 1.28. The first-order chi connectivity index (χ1) is 7.92. The fraction of sp³-hybridized carbons (Fsp3) is 0.500. The molecule has 1 aromatic rings. The lowest BCUT2D eigenvalue weighted by molar-refractivity contribution is -0.121. The number of hydrogen-bond acceptors (Lipinski definition) is 2. The quantitative estimate of drug-likeness (QED) is 0.841. The molecule has 0 spiro atoms. The standard InChI is InChI=1S/C14H22N2O/c1-5-14(15,6-2)13(17)16-12-9-10(3)7-8-11(12)4/h7-9H,5-6,15H2,1-4H3,(H,16,17). The van der Waals surface area contributed by atoms with Crippen molar-refractivity contribution in [1.82, 2.24) is 0 Å². The molecule has 0 atom stereocenters. The van der Waals surface area contributed by atoms with Gasteiger partial charge in [0.15, 0.2) is 0 Å². The van der Waals surface area contributed by atoms with Crippen LogP contribution in [0.5, 0.6) is 0 Å². The van der Waals surface area contributed by atoms with Crippen LogP contribution in [0.25, 0.3) is 0 Å². The molecule has 0 aliphatic heterocycles. The predicted molar refractivity (Wildman–Crippen MR) is 72.0 cm³/mol. The molecule has 0 bridgehead atoms. The molecule has 0 heterocycles. The zero-order chi connectivity index (χ0) is 13.1. The van der Waals surface area contributed by atoms with Crippen LogP contribution < -0.4 is 11.1 Å². The fourth-order valence-corrected chi connectivity index (χ4v) is 1.69. The van der Waals surface area contributed by atoms with E-state index in [1.165, 1.54) is 0 Å². The minimum absolute atomic E-state index is 0.101. The molecule has 0 saturated carbocycles. The van der Waals surface area contributed by atoms with Crippen molar-refractivity contribution in [2.45, 2.75) is 46.1 Å². The Morgan fingerprint density at radius 2 is 1.88 bits per heavy atom. The average Bonchev–Trinajstić information content (AvgIpc) is 2.32. The van der Waals surface area contributed by atoms with Gasteiger partial charge < -0.3 is 11.1 Å². The van der Waals surface area contributed by atoms with Gasteiger partial charge in [-0.3, -0.25) is 4.79 Å². The summed E-state index contributed by atoms with van der Waals surface area (Å²) in [6, 6.07) is 6.00. The Bertz CT molecular complexity index is 409. The van der Waals surface area contributed by atoms with Crippen LogP contribution >= 0.6 is 0 Å². The largest absolute Gasteiger partial charge is 0.324 e. The first-order valence-corrected chi connectivity index (χ1v) is 6.10. The Morgan fingerprint density at radius 1 is 1.29 bits per heavy atom. The Kier molecular flexibility index (Phi) is 4.29. The first-order valence-electron chi connectivity index (χ1n) is 6.10. The monoisotopic (exact) mass is 234 g/mol. The van der Waals surface area contributed by atoms with E-state index in [1.807, 2.05) is 45.9 Å². The average molecular weight is 234 g/mol. The third-order valence-electron chi connectivity index (χ3n) is 3.36. The van der Waals surface area contributed by atoms with E-state index in [9.17, 15) is 4.79 Å². The molecular formula is C14H22N2O. The number of hydrogen-bond donors (Lipinski definition) is 2. The molecule has 0 unspecified atom stereocenters. The molecule has 0 radical (unpaired) electrons. The summed E-state index contributed by atoms with van der Waals surface area (Å²) in [5, 5.41) is 2.93. The van der Waals surface area contributed by atoms with Gasteiger partial charge in [0.2, 0.25) is 5.91 Å². The molecule has 3 nitrogen and oxygen atoms in total. The second kappa shape index (κ2) is 5.32. The van der Waals surface area contributed by atoms with Crippen molar-refractivity contribution in [3.05, 3.63) is 29.3 Å². The minimum Gasteiger partial charge on any atom is -0.324 e. The van der Waals surface area contributed by atoms with Gasteiger partial charge in [0.25, 0.3) is 0 Å². The Balaban J connectivity index is 2.91. The van der Waals surface area contributed by atoms with Crippen LogP contribution in [-0.2, 0) is 4.79 Å². The van der Waals surface area contributed by atoms with E-state index >= 15 is 0 Å². The van der Waals surface area contributed by atoms with E-state index < -0.39 is 5.54 Å². The maximum atomic E-state index is 12.1. The highest BCUT2D eigenvalue weighted by Gasteiger charge is 2.30. The smallest absolute Gasteiger partial charge is 0.244 e. The molecule has 0 fully saturated rings. The molecule has 0 aliphatic rings. The number of carbonyl (C=O) groups is 1. The summed E-state index contributed by atoms with van der Waals surface area (Å²) in [4.78, 5) is 12.1. The molecule has 17 heavy (non-hydrogen) atoms. The molecule has 0 saturated heterocycles. The van der Waals surface area contributed by atoms with Crippen molar-refractivity contribution in [2.24, 2.45) is 5.73 Å². The van der Waals surface area contributed by atoms with Crippen LogP contribution in [0.3, 0.4) is 0 Å². The van der Waals surface area contributed by atoms with Crippen LogP contribution in [0.1, 0.15) is 37.8 Å². The van der Waals surface area contributed by atoms with Crippen LogP contribution in [0.2, 0.25) is 0 Å². The lowest BCUT2D eigenvalue weighted by atomic mass is 9.93. The fourth-order valence-electron chi connectivity index (χ4n) is 1.69. The second-order valence-corrected chi connectivity index (χ2v) is 4.64. The van der Waals surface area contributed by atoms with Gasteiger partial charge in [-0.1, -0.05) is 26.0 Å². The SMILES string of the molecule is CCC(N)(CC)C(=O)Nc1cc(C)ccc1C. The topological polar surface area (TPSA) is 55.1 Å². The van der Waals surface area contributed by atoms with E-state index in [1.54, 1.807) is 0 Å². The number of carbonyl (C=O) groups excluding carboxylic acids is 1. The van der Waals surface area contributed by atoms with Crippen molar-refractivity contribution in [1.29, 1.82) is 0 Å². The zero-order valence-corrected chi connectivity index (χ0v) is 11.1. The molecular weight excluding hydrogens is 212 g/mol. The highest BCUT2D eigenvalue weighted by Crippen LogP contribution is 2.19. The minimum atomic E-state index is -0.768. The van der Waals surface area contributed by atoms with Gasteiger partial charge in [-0.2, -0.15) is 0 Å². The molecule has 1 aromatic carbocycles. The van der Waals surface area contributed by atoms with Crippen molar-refractivity contribution in [3.8, 4) is 0 Å². The highest BCUT2D eigenvalue weighted by atomic mass is 16.2. The summed E-state index contributed by atoms with van der Waals surface area (Å²) < 4.78 is 0. The Morgan fingerprint density at radius 3 is 2.41 bits per heavy atom. The summed E-state index contributed by atoms with van der Waals surface area (Å²) >= 11 is 0. The number of anilines is 1. The third-order valence-corrected chi connectivity index (χ3v) is 3.36. The summed E-state index contributed by atoms with van der Waals surface area (Å²) in [5.41, 5.74) is 8.33. The molecule has 94 valence electrons. The van der Waals surface area contributed by atoms with Gasteiger partial charge in [-0.25, -0.2) is 0 Å². The zero-order valence-electron chi connectivity index (χ0n) is 11.1. The summed E-state index contributed by atoms with van der Waals surface area (Å²) in [6.45, 7) is 7.86. The van der Waals surface area contributed by atoms with E-state index in [0.29, 0.717) is 12.8 Å². The van der Waals surface area contributed by atoms with Gasteiger partial charge in [0.05, 0.1) is 5.54 Å². The van der Waals surface area contributed by atoms with Crippen molar-refractivity contribution < 1.29 is 4.79 Å². The van der Waals surface area contributed by atoms with E-state index in [4.69, 9.17) is 5.73 Å². The summed E-state index contributed by atoms with van der Waals surface area (Å²) in [5.74, 6) is -0.101. The van der Waals surface area contributed by atoms with Crippen molar-refractivity contribution in [3.63, 3.8) is 0 Å². The number of benzene rings is 1. The van der Waals surface area contributed by atoms with E-state index in [-0.39, 0.29) is 5.91 Å². The van der Waals surface area contributed by atoms with Crippen molar-refractivity contribution >= 4 is 11.6 Å². The lowest BCUT2D eigenvalue weighted by Crippen LogP contribution is -2.50. The number of rotatable bonds is 4. The normalized spacial score (nSPS) is 11.4. The maximum absolute atomic E-state index is 12.1. The van der Waals surface area contributed by atoms with Crippen molar-refractivity contribution in [2.75, 3.05) is 5.32 Å². The summed E-state index contributed by atoms with van der Waals surface area (Å²) in [7, 11) is 0. The van der Waals surface area contributed by atoms with Crippen LogP contribution in [-0.4, -0.2) is 11.4 Å². The van der Waals surface area contributed by atoms with Gasteiger partial charge in [0.1, 0.15) is 0 Å². The molecule has 0 aliphatic carbocycles. The van der Waals surface area contributed by atoms with Gasteiger partial charge in [-0.15, -0.1) is 0 Å². The van der Waals surface area contributed by atoms with Crippen LogP contribution in [0.4, 0.5) is 5.69 Å². The Hall–Kier alpha value is -1.35. The third kappa shape index (κ3) is 3.07. The number of amides is 1. The van der Waals surface area contributed by atoms with Crippen LogP contribution in [0.15, 0.2) is 18.2 Å². The van der Waals surface area contributed by atoms with Gasteiger partial charge in [-0.05, 0) is 43.9 Å². The molecule has 0 aromatic heterocycles. The second-order valence-electron chi connectivity index (χ2n) is 4.64. The lowest BCUT2D eigenvalue weighted by Gasteiger charge is -2.25. The Labute approximate surface area is 103 Å². The molecule has 1 amide bonds. The predicted octanol–water partition coefficient (Wildman–Crippen LogP) is 2.76. The highest BCUT2D eigenvalue weighted by molar-refractivity contribution is 5.98. The first kappa shape index (κ1) is 13.7. The van der Waals surface area contributed by atoms with Gasteiger partial charge in [0, 0.05) is 5.69 Å². The van der Waals surface area contributed by atoms with E-state index in [0.717, 1.165) is 16.8 Å². The van der Waals surface area contributed by atoms with E-state index in [2.05, 4.69) is 5.32 Å².